The van der Waals surface area contributed by atoms with Crippen molar-refractivity contribution in [2.45, 2.75) is 39.5 Å². The molecule has 1 N–H and O–H groups in total. The molecular weight excluding hydrogens is 524 g/mol. The molecule has 5 rings (SSSR count). The van der Waals surface area contributed by atoms with E-state index in [2.05, 4.69) is 81.8 Å². The van der Waals surface area contributed by atoms with Crippen molar-refractivity contribution < 1.29 is 14.5 Å². The van der Waals surface area contributed by atoms with Gasteiger partial charge in [-0.2, -0.15) is 0 Å². The third-order valence-electron chi connectivity index (χ3n) is 9.61. The summed E-state index contributed by atoms with van der Waals surface area (Å²) in [7, 11) is 4.42. The molecule has 1 unspecified atom stereocenters. The molecule has 1 aromatic carbocycles. The molecule has 0 aromatic heterocycles. The summed E-state index contributed by atoms with van der Waals surface area (Å²) in [6.07, 6.45) is 13.7. The Balaban J connectivity index is 1.27. The van der Waals surface area contributed by atoms with Gasteiger partial charge in [-0.05, 0) is 57.2 Å². The van der Waals surface area contributed by atoms with E-state index in [0.717, 1.165) is 76.7 Å². The summed E-state index contributed by atoms with van der Waals surface area (Å²) in [5.74, 6) is -0.370. The number of nitrogens with zero attached hydrogens (tertiary/aromatic N) is 6. The Kier molecular flexibility index (Phi) is 10.3. The van der Waals surface area contributed by atoms with Gasteiger partial charge in [0.05, 0.1) is 24.6 Å². The number of likely N-dealkylation sites (N-methyl/N-ethyl adjacent to an activating group) is 2. The van der Waals surface area contributed by atoms with Crippen molar-refractivity contribution in [1.29, 1.82) is 0 Å². The lowest BCUT2D eigenvalue weighted by Crippen LogP contribution is -2.44. The first-order chi connectivity index (χ1) is 20.4. The van der Waals surface area contributed by atoms with Crippen molar-refractivity contribution in [3.63, 3.8) is 0 Å². The molecule has 228 valence electrons. The highest BCUT2D eigenvalue weighted by Crippen LogP contribution is 2.42. The van der Waals surface area contributed by atoms with E-state index < -0.39 is 5.92 Å². The summed E-state index contributed by atoms with van der Waals surface area (Å²) in [5, 5.41) is 20.7. The lowest BCUT2D eigenvalue weighted by molar-refractivity contribution is -0.529. The van der Waals surface area contributed by atoms with Gasteiger partial charge in [-0.3, -0.25) is 4.79 Å². The van der Waals surface area contributed by atoms with Crippen molar-refractivity contribution in [3.05, 3.63) is 59.9 Å². The molecule has 8 heteroatoms. The van der Waals surface area contributed by atoms with E-state index in [9.17, 15) is 9.90 Å². The zero-order valence-corrected chi connectivity index (χ0v) is 26.2. The number of allylic oxidation sites excluding steroid dienone is 6. The number of carbonyl (C=O) groups is 1. The van der Waals surface area contributed by atoms with E-state index in [0.29, 0.717) is 5.57 Å². The van der Waals surface area contributed by atoms with Crippen molar-refractivity contribution >= 4 is 22.8 Å². The number of aliphatic hydroxyl groups is 1. The van der Waals surface area contributed by atoms with E-state index in [1.807, 2.05) is 24.3 Å². The Bertz CT molecular complexity index is 1160. The molecule has 0 radical (unpaired) electrons. The molecule has 2 aliphatic heterocycles. The number of ketones is 1. The van der Waals surface area contributed by atoms with Gasteiger partial charge in [0.1, 0.15) is 5.76 Å². The summed E-state index contributed by atoms with van der Waals surface area (Å²) >= 11 is 0. The van der Waals surface area contributed by atoms with Crippen LogP contribution in [0.4, 0.5) is 5.69 Å². The Morgan fingerprint density at radius 2 is 1.33 bits per heavy atom. The fraction of sp³-hybridized carbons (Fsp3) is 0.588. The molecule has 2 heterocycles. The maximum atomic E-state index is 13.3. The van der Waals surface area contributed by atoms with Crippen LogP contribution in [0.1, 0.15) is 45.1 Å². The zero-order valence-electron chi connectivity index (χ0n) is 26.2. The topological polar surface area (TPSA) is 56.5 Å². The van der Waals surface area contributed by atoms with Crippen LogP contribution in [-0.4, -0.2) is 121 Å². The monoisotopic (exact) mass is 575 g/mol. The van der Waals surface area contributed by atoms with E-state index in [4.69, 9.17) is 0 Å². The molecule has 2 aliphatic carbocycles. The fourth-order valence-electron chi connectivity index (χ4n) is 6.80. The molecule has 42 heavy (non-hydrogen) atoms. The van der Waals surface area contributed by atoms with Crippen molar-refractivity contribution in [2.24, 2.45) is 11.8 Å². The minimum atomic E-state index is -0.493. The molecule has 0 spiro atoms. The number of rotatable bonds is 13. The van der Waals surface area contributed by atoms with Crippen LogP contribution in [0.2, 0.25) is 0 Å². The van der Waals surface area contributed by atoms with Crippen LogP contribution < -0.4 is 4.90 Å². The lowest BCUT2D eigenvalue weighted by atomic mass is 9.71. The van der Waals surface area contributed by atoms with Crippen LogP contribution in [0.3, 0.4) is 0 Å². The quantitative estimate of drug-likeness (QED) is 0.356. The van der Waals surface area contributed by atoms with Gasteiger partial charge in [0, 0.05) is 77.1 Å². The van der Waals surface area contributed by atoms with Gasteiger partial charge in [0.25, 0.3) is 0 Å². The van der Waals surface area contributed by atoms with Crippen LogP contribution in [0.25, 0.3) is 5.57 Å². The third kappa shape index (κ3) is 6.72. The van der Waals surface area contributed by atoms with Crippen LogP contribution in [0, 0.1) is 11.8 Å². The summed E-state index contributed by atoms with van der Waals surface area (Å²) < 4.78 is 2.48. The minimum absolute atomic E-state index is 0.0298. The van der Waals surface area contributed by atoms with E-state index >= 15 is 0 Å². The van der Waals surface area contributed by atoms with Crippen LogP contribution >= 0.6 is 0 Å². The fourth-order valence-corrected chi connectivity index (χ4v) is 6.80. The molecule has 0 bridgehead atoms. The molecule has 1 aromatic rings. The van der Waals surface area contributed by atoms with E-state index in [1.165, 1.54) is 31.4 Å². The molecule has 0 saturated carbocycles. The van der Waals surface area contributed by atoms with Crippen LogP contribution in [0.5, 0.6) is 0 Å². The van der Waals surface area contributed by atoms with Crippen molar-refractivity contribution in [3.8, 4) is 0 Å². The predicted molar refractivity (Wildman–Crippen MR) is 172 cm³/mol. The average Bonchev–Trinajstić information content (AvgIpc) is 3.75. The summed E-state index contributed by atoms with van der Waals surface area (Å²) in [5.41, 5.74) is 3.59. The van der Waals surface area contributed by atoms with Gasteiger partial charge in [0.2, 0.25) is 0 Å². The minimum Gasteiger partial charge on any atom is -0.511 e. The highest BCUT2D eigenvalue weighted by atomic mass is 16.3. The Morgan fingerprint density at radius 1 is 0.833 bits per heavy atom. The lowest BCUT2D eigenvalue weighted by Gasteiger charge is -2.32. The number of hydrogen-bond acceptors (Lipinski definition) is 7. The van der Waals surface area contributed by atoms with Gasteiger partial charge >= 0.3 is 0 Å². The number of hydrazine groups is 2. The average molecular weight is 576 g/mol. The van der Waals surface area contributed by atoms with Gasteiger partial charge < -0.3 is 10.0 Å². The second-order valence-electron chi connectivity index (χ2n) is 12.1. The molecule has 2 saturated heterocycles. The largest absolute Gasteiger partial charge is 0.511 e. The molecule has 0 amide bonds. The number of anilines is 1. The van der Waals surface area contributed by atoms with Gasteiger partial charge in [0.15, 0.2) is 24.6 Å². The molecule has 1 atom stereocenters. The Labute approximate surface area is 252 Å². The standard InChI is InChI=1S/C34H50N6O2/c1-5-37(6-2)29-15-11-27(12-16-29)31-33(41)32(34(31)42)28-13-17-30(18-14-28)38(25-23-35(3)39-19-7-8-20-39)26-24-36(4)40-21-9-10-22-40/h11-18,28,32H,5-10,19-26H2,1-4H3/p+1. The normalized spacial score (nSPS) is 23.1. The summed E-state index contributed by atoms with van der Waals surface area (Å²) in [6, 6.07) is 8.01. The van der Waals surface area contributed by atoms with Crippen LogP contribution in [-0.2, 0) is 4.79 Å². The van der Waals surface area contributed by atoms with Crippen LogP contribution in [0.15, 0.2) is 54.3 Å². The van der Waals surface area contributed by atoms with E-state index in [-0.39, 0.29) is 17.5 Å². The summed E-state index contributed by atoms with van der Waals surface area (Å²) in [4.78, 5) is 15.6. The summed E-state index contributed by atoms with van der Waals surface area (Å²) in [6.45, 7) is 14.6. The van der Waals surface area contributed by atoms with E-state index in [1.54, 1.807) is 0 Å². The third-order valence-corrected chi connectivity index (χ3v) is 9.61. The van der Waals surface area contributed by atoms with Gasteiger partial charge in [-0.25, -0.2) is 24.6 Å². The first-order valence-electron chi connectivity index (χ1n) is 16.1. The predicted octanol–water partition coefficient (Wildman–Crippen LogP) is 4.08. The highest BCUT2D eigenvalue weighted by molar-refractivity contribution is 6.30. The highest BCUT2D eigenvalue weighted by Gasteiger charge is 2.44. The number of Topliss-reactive ketones (excluding diaryl/α,β-unsaturated/α-hetero) is 1. The molecule has 2 fully saturated rings. The first kappa shape index (κ1) is 30.7. The molecule has 8 nitrogen and oxygen atoms in total. The SMILES string of the molecule is CCN(CC)c1ccc(C2=C(O)C(C3C=CC(=[N+](CCN(C)N4CCCC4)CCN(C)N4CCCC4)C=C3)C2=O)cc1. The first-order valence-corrected chi connectivity index (χ1v) is 16.1. The van der Waals surface area contributed by atoms with Gasteiger partial charge in [-0.1, -0.05) is 24.3 Å². The maximum Gasteiger partial charge on any atom is 0.199 e. The number of hydrogen-bond donors (Lipinski definition) is 1. The Hall–Kier alpha value is -2.78. The second kappa shape index (κ2) is 14.1. The zero-order chi connectivity index (χ0) is 29.6. The smallest absolute Gasteiger partial charge is 0.199 e. The number of benzene rings is 1. The molecule has 4 aliphatic rings. The number of carbonyl (C=O) groups excluding carboxylic acids is 1. The van der Waals surface area contributed by atoms with Crippen molar-refractivity contribution in [2.75, 3.05) is 84.4 Å². The molecular formula is C34H51N6O2+. The number of aliphatic hydroxyl groups excluding tert-OH is 1. The second-order valence-corrected chi connectivity index (χ2v) is 12.1. The Morgan fingerprint density at radius 3 is 1.79 bits per heavy atom. The maximum absolute atomic E-state index is 13.3. The van der Waals surface area contributed by atoms with Crippen molar-refractivity contribution in [1.82, 2.24) is 20.0 Å². The van der Waals surface area contributed by atoms with Gasteiger partial charge in [-0.15, -0.1) is 0 Å².